The van der Waals surface area contributed by atoms with Crippen molar-refractivity contribution in [1.29, 1.82) is 0 Å². The Hall–Kier alpha value is -2.65. The van der Waals surface area contributed by atoms with Crippen LogP contribution < -0.4 is 5.73 Å². The highest BCUT2D eigenvalue weighted by Crippen LogP contribution is 2.19. The van der Waals surface area contributed by atoms with Crippen molar-refractivity contribution in [1.82, 2.24) is 9.97 Å². The van der Waals surface area contributed by atoms with Crippen molar-refractivity contribution in [2.45, 2.75) is 19.8 Å². The van der Waals surface area contributed by atoms with Crippen LogP contribution in [-0.4, -0.2) is 29.1 Å². The Bertz CT molecular complexity index is 698. The van der Waals surface area contributed by atoms with E-state index in [-0.39, 0.29) is 5.69 Å². The summed E-state index contributed by atoms with van der Waals surface area (Å²) in [5.74, 6) is 5.79. The Morgan fingerprint density at radius 2 is 2.36 bits per heavy atom. The zero-order valence-electron chi connectivity index (χ0n) is 12.3. The van der Waals surface area contributed by atoms with Crippen LogP contribution >= 0.6 is 0 Å². The number of pyridine rings is 1. The first-order valence-electron chi connectivity index (χ1n) is 7.02. The molecule has 0 saturated heterocycles. The molecule has 6 heteroatoms. The second-order valence-corrected chi connectivity index (χ2v) is 4.38. The molecule has 2 heterocycles. The first-order valence-corrected chi connectivity index (χ1v) is 7.02. The molecule has 0 unspecified atom stereocenters. The Labute approximate surface area is 128 Å². The smallest absolute Gasteiger partial charge is 0.360 e. The van der Waals surface area contributed by atoms with E-state index in [1.807, 2.05) is 0 Å². The van der Waals surface area contributed by atoms with Gasteiger partial charge in [-0.3, -0.25) is 0 Å². The van der Waals surface area contributed by atoms with Crippen LogP contribution in [0.3, 0.4) is 0 Å². The van der Waals surface area contributed by atoms with Crippen molar-refractivity contribution in [2.75, 3.05) is 13.2 Å². The summed E-state index contributed by atoms with van der Waals surface area (Å²) in [6.07, 6.45) is 4.49. The van der Waals surface area contributed by atoms with Crippen LogP contribution in [0.4, 0.5) is 0 Å². The quantitative estimate of drug-likeness (QED) is 0.516. The van der Waals surface area contributed by atoms with E-state index in [9.17, 15) is 4.79 Å². The molecule has 0 aliphatic heterocycles. The monoisotopic (exact) mass is 299 g/mol. The third-order valence-electron chi connectivity index (χ3n) is 2.72. The maximum atomic E-state index is 11.6. The largest absolute Gasteiger partial charge is 0.461 e. The molecule has 0 spiro atoms. The van der Waals surface area contributed by atoms with Crippen LogP contribution in [0.25, 0.3) is 11.5 Å². The number of carbonyl (C=O) groups is 1. The highest BCUT2D eigenvalue weighted by Gasteiger charge is 2.14. The average molecular weight is 299 g/mol. The van der Waals surface area contributed by atoms with Gasteiger partial charge in [0.25, 0.3) is 0 Å². The fraction of sp³-hybridized carbons (Fsp3) is 0.312. The number of nitrogens with two attached hydrogens (primary N) is 1. The van der Waals surface area contributed by atoms with E-state index >= 15 is 0 Å². The Balaban J connectivity index is 2.15. The van der Waals surface area contributed by atoms with E-state index in [0.29, 0.717) is 30.3 Å². The van der Waals surface area contributed by atoms with Crippen molar-refractivity contribution in [2.24, 2.45) is 5.73 Å². The fourth-order valence-corrected chi connectivity index (χ4v) is 1.68. The third-order valence-corrected chi connectivity index (χ3v) is 2.72. The number of rotatable bonds is 5. The lowest BCUT2D eigenvalue weighted by molar-refractivity contribution is 0.0519. The molecule has 2 aromatic rings. The van der Waals surface area contributed by atoms with Gasteiger partial charge in [0.1, 0.15) is 12.0 Å². The molecule has 2 N–H and O–H groups in total. The summed E-state index contributed by atoms with van der Waals surface area (Å²) in [4.78, 5) is 19.9. The Morgan fingerprint density at radius 1 is 1.50 bits per heavy atom. The van der Waals surface area contributed by atoms with Crippen LogP contribution in [0.15, 0.2) is 29.0 Å². The molecule has 2 rings (SSSR count). The Kier molecular flexibility index (Phi) is 5.69. The van der Waals surface area contributed by atoms with Crippen molar-refractivity contribution in [3.8, 4) is 23.3 Å². The molecule has 114 valence electrons. The molecule has 22 heavy (non-hydrogen) atoms. The maximum Gasteiger partial charge on any atom is 0.360 e. The van der Waals surface area contributed by atoms with E-state index in [2.05, 4.69) is 21.8 Å². The number of ether oxygens (including phenoxy) is 1. The lowest BCUT2D eigenvalue weighted by atomic mass is 10.2. The van der Waals surface area contributed by atoms with Crippen LogP contribution in [-0.2, 0) is 4.74 Å². The van der Waals surface area contributed by atoms with E-state index < -0.39 is 5.97 Å². The molecule has 0 atom stereocenters. The summed E-state index contributed by atoms with van der Waals surface area (Å²) in [6, 6.07) is 3.50. The van der Waals surface area contributed by atoms with E-state index in [1.165, 1.54) is 6.26 Å². The van der Waals surface area contributed by atoms with Crippen LogP contribution in [0.1, 0.15) is 35.9 Å². The van der Waals surface area contributed by atoms with Gasteiger partial charge >= 0.3 is 5.97 Å². The van der Waals surface area contributed by atoms with Crippen LogP contribution in [0.2, 0.25) is 0 Å². The minimum absolute atomic E-state index is 0.143. The Morgan fingerprint density at radius 3 is 3.14 bits per heavy atom. The fourth-order valence-electron chi connectivity index (χ4n) is 1.68. The highest BCUT2D eigenvalue weighted by molar-refractivity contribution is 5.87. The molecular weight excluding hydrogens is 282 g/mol. The number of aromatic nitrogens is 2. The summed E-state index contributed by atoms with van der Waals surface area (Å²) in [6.45, 7) is 2.64. The molecule has 0 saturated carbocycles. The van der Waals surface area contributed by atoms with Crippen molar-refractivity contribution < 1.29 is 13.9 Å². The lowest BCUT2D eigenvalue weighted by Gasteiger charge is -1.96. The van der Waals surface area contributed by atoms with Crippen molar-refractivity contribution in [3.63, 3.8) is 0 Å². The predicted octanol–water partition coefficient (Wildman–Crippen LogP) is 2.00. The minimum Gasteiger partial charge on any atom is -0.461 e. The van der Waals surface area contributed by atoms with Gasteiger partial charge in [0.15, 0.2) is 5.69 Å². The number of carbonyl (C=O) groups excluding carboxylic acids is 1. The second-order valence-electron chi connectivity index (χ2n) is 4.38. The number of hydrogen-bond acceptors (Lipinski definition) is 6. The summed E-state index contributed by atoms with van der Waals surface area (Å²) in [5.41, 5.74) is 6.88. The summed E-state index contributed by atoms with van der Waals surface area (Å²) in [7, 11) is 0. The van der Waals surface area contributed by atoms with Gasteiger partial charge in [-0.05, 0) is 37.9 Å². The summed E-state index contributed by atoms with van der Waals surface area (Å²) >= 11 is 0. The molecule has 0 aliphatic carbocycles. The number of nitrogens with zero attached hydrogens (tertiary/aromatic N) is 2. The number of hydrogen-bond donors (Lipinski definition) is 1. The topological polar surface area (TPSA) is 91.2 Å². The zero-order chi connectivity index (χ0) is 15.8. The van der Waals surface area contributed by atoms with Crippen molar-refractivity contribution >= 4 is 5.97 Å². The SMILES string of the molecule is CCOC(=O)c1coc(-c2ccnc(C#CCCCN)c2)n1. The predicted molar refractivity (Wildman–Crippen MR) is 80.9 cm³/mol. The molecule has 0 aliphatic rings. The molecule has 0 amide bonds. The van der Waals surface area contributed by atoms with Gasteiger partial charge < -0.3 is 14.9 Å². The third kappa shape index (κ3) is 4.17. The van der Waals surface area contributed by atoms with Gasteiger partial charge in [0.05, 0.1) is 6.61 Å². The molecule has 0 bridgehead atoms. The number of esters is 1. The molecule has 0 radical (unpaired) electrons. The van der Waals surface area contributed by atoms with Crippen LogP contribution in [0.5, 0.6) is 0 Å². The number of oxazole rings is 1. The van der Waals surface area contributed by atoms with Gasteiger partial charge in [-0.1, -0.05) is 5.92 Å². The maximum absolute atomic E-state index is 11.6. The highest BCUT2D eigenvalue weighted by atomic mass is 16.5. The first kappa shape index (κ1) is 15.7. The summed E-state index contributed by atoms with van der Waals surface area (Å²) < 4.78 is 10.2. The van der Waals surface area contributed by atoms with E-state index in [4.69, 9.17) is 14.9 Å². The summed E-state index contributed by atoms with van der Waals surface area (Å²) in [5, 5.41) is 0. The average Bonchev–Trinajstić information content (AvgIpc) is 3.02. The molecule has 2 aromatic heterocycles. The molecular formula is C16H17N3O3. The van der Waals surface area contributed by atoms with E-state index in [1.54, 1.807) is 25.3 Å². The standard InChI is InChI=1S/C16H17N3O3/c1-2-21-16(20)14-11-22-15(19-14)12-7-9-18-13(10-12)6-4-3-5-8-17/h7,9-11H,2-3,5,8,17H2,1H3. The zero-order valence-corrected chi connectivity index (χ0v) is 12.3. The normalized spacial score (nSPS) is 9.91. The van der Waals surface area contributed by atoms with Gasteiger partial charge in [0.2, 0.25) is 5.89 Å². The van der Waals surface area contributed by atoms with Gasteiger partial charge in [-0.2, -0.15) is 0 Å². The second kappa shape index (κ2) is 7.96. The molecule has 0 aromatic carbocycles. The minimum atomic E-state index is -0.506. The number of unbranched alkanes of at least 4 members (excludes halogenated alkanes) is 1. The van der Waals surface area contributed by atoms with Gasteiger partial charge in [-0.15, -0.1) is 0 Å². The van der Waals surface area contributed by atoms with Crippen LogP contribution in [0, 0.1) is 11.8 Å². The molecule has 6 nitrogen and oxygen atoms in total. The first-order chi connectivity index (χ1) is 10.7. The van der Waals surface area contributed by atoms with E-state index in [0.717, 1.165) is 12.8 Å². The lowest BCUT2D eigenvalue weighted by Crippen LogP contribution is -2.04. The van der Waals surface area contributed by atoms with Gasteiger partial charge in [0, 0.05) is 18.2 Å². The molecule has 0 fully saturated rings. The van der Waals surface area contributed by atoms with Gasteiger partial charge in [-0.25, -0.2) is 14.8 Å². The van der Waals surface area contributed by atoms with Crippen molar-refractivity contribution in [3.05, 3.63) is 36.0 Å².